The van der Waals surface area contributed by atoms with Crippen LogP contribution in [0.2, 0.25) is 0 Å². The molecule has 9 atom stereocenters. The predicted molar refractivity (Wildman–Crippen MR) is 267 cm³/mol. The van der Waals surface area contributed by atoms with Gasteiger partial charge in [-0.2, -0.15) is 9.29 Å². The molecule has 398 valence electrons. The van der Waals surface area contributed by atoms with E-state index < -0.39 is 89.8 Å². The van der Waals surface area contributed by atoms with Crippen LogP contribution >= 0.6 is 15.6 Å². The highest BCUT2D eigenvalue weighted by molar-refractivity contribution is 7.61. The van der Waals surface area contributed by atoms with Crippen molar-refractivity contribution < 1.29 is 71.4 Å². The van der Waals surface area contributed by atoms with Crippen molar-refractivity contribution in [3.8, 4) is 0 Å². The highest BCUT2D eigenvalue weighted by Crippen LogP contribution is 2.60. The van der Waals surface area contributed by atoms with Crippen LogP contribution < -0.4 is 11.4 Å². The molecule has 70 heavy (non-hydrogen) atoms. The van der Waals surface area contributed by atoms with E-state index in [9.17, 15) is 48.6 Å². The van der Waals surface area contributed by atoms with Crippen molar-refractivity contribution in [2.45, 2.75) is 186 Å². The Morgan fingerprint density at radius 2 is 1.37 bits per heavy atom. The fourth-order valence-electron chi connectivity index (χ4n) is 6.92. The maximum Gasteiger partial charge on any atom is 0.481 e. The van der Waals surface area contributed by atoms with E-state index in [2.05, 4.69) is 35.3 Å². The molecule has 0 amide bonds. The Balaban J connectivity index is 1.84. The number of ether oxygens (including phenoxy) is 3. The molecule has 1 aromatic rings. The minimum absolute atomic E-state index is 0.0435. The van der Waals surface area contributed by atoms with Gasteiger partial charge in [0.15, 0.2) is 12.3 Å². The molecule has 0 bridgehead atoms. The van der Waals surface area contributed by atoms with Crippen LogP contribution in [-0.2, 0) is 46.3 Å². The molecule has 0 saturated carbocycles. The Kier molecular flexibility index (Phi) is 32.5. The number of nitrogens with two attached hydrogens (primary N) is 1. The lowest BCUT2D eigenvalue weighted by atomic mass is 9.99. The number of phosphoric ester groups is 2. The van der Waals surface area contributed by atoms with Crippen LogP contribution in [0.1, 0.15) is 155 Å². The summed E-state index contributed by atoms with van der Waals surface area (Å²) in [6.07, 6.45) is 29.8. The average molecular weight is 1030 g/mol. The molecule has 1 aliphatic heterocycles. The number of nitrogens with zero attached hydrogens (tertiary/aromatic N) is 2. The Morgan fingerprint density at radius 1 is 0.786 bits per heavy atom. The van der Waals surface area contributed by atoms with E-state index in [-0.39, 0.29) is 18.7 Å². The second-order valence-corrected chi connectivity index (χ2v) is 20.4. The quantitative estimate of drug-likeness (QED) is 0.0118. The fourth-order valence-corrected chi connectivity index (χ4v) is 9.03. The van der Waals surface area contributed by atoms with Crippen molar-refractivity contribution in [3.63, 3.8) is 0 Å². The van der Waals surface area contributed by atoms with Gasteiger partial charge in [0, 0.05) is 19.0 Å². The third-order valence-corrected chi connectivity index (χ3v) is 13.9. The van der Waals surface area contributed by atoms with E-state index in [4.69, 9.17) is 29.0 Å². The van der Waals surface area contributed by atoms with Gasteiger partial charge in [0.05, 0.1) is 19.3 Å². The summed E-state index contributed by atoms with van der Waals surface area (Å²) in [5.74, 6) is -0.594. The highest BCUT2D eigenvalue weighted by atomic mass is 31.3. The number of allylic oxidation sites excluding steroid dienone is 9. The number of hydrogen-bond acceptors (Lipinski definition) is 16. The molecule has 1 fully saturated rings. The largest absolute Gasteiger partial charge is 0.481 e. The van der Waals surface area contributed by atoms with Gasteiger partial charge in [-0.1, -0.05) is 152 Å². The number of phosphoric acid groups is 2. The number of carbonyl (C=O) groups is 2. The van der Waals surface area contributed by atoms with Crippen molar-refractivity contribution in [2.24, 2.45) is 5.92 Å². The van der Waals surface area contributed by atoms with E-state index in [0.717, 1.165) is 55.2 Å². The van der Waals surface area contributed by atoms with E-state index in [0.29, 0.717) is 32.1 Å². The van der Waals surface area contributed by atoms with Gasteiger partial charge in [0.25, 0.3) is 0 Å². The summed E-state index contributed by atoms with van der Waals surface area (Å²) >= 11 is 0. The van der Waals surface area contributed by atoms with E-state index in [1.54, 1.807) is 6.08 Å². The number of aliphatic hydroxyl groups excluding tert-OH is 3. The van der Waals surface area contributed by atoms with Gasteiger partial charge in [0.2, 0.25) is 0 Å². The molecular formula is C49H81N3O16P2. The normalized spacial score (nSPS) is 20.7. The van der Waals surface area contributed by atoms with Gasteiger partial charge >= 0.3 is 33.3 Å². The SMILES string of the molecule is CCC(C)CCCCCCCCCCCCC(=O)OC[C@H](COP(=O)(O)OP(=O)(O)OC[C@H]1O[C@@H](n2ccc(N)nc2=O)[C@H](O)[C@@H]1O)OC(=O)CCC/C=C\C/C=C\C/C=C\C/C=C\C=C\[C@H](O)CC. The molecule has 0 spiro atoms. The molecule has 7 N–H and O–H groups in total. The number of carbonyl (C=O) groups excluding carboxylic acids is 2. The van der Waals surface area contributed by atoms with Gasteiger partial charge in [-0.15, -0.1) is 0 Å². The molecule has 2 rings (SSSR count). The lowest BCUT2D eigenvalue weighted by molar-refractivity contribution is -0.161. The number of anilines is 1. The number of nitrogen functional groups attached to an aromatic ring is 1. The van der Waals surface area contributed by atoms with Gasteiger partial charge in [-0.25, -0.2) is 13.9 Å². The number of aromatic nitrogens is 2. The first kappa shape index (κ1) is 62.5. The summed E-state index contributed by atoms with van der Waals surface area (Å²) in [6, 6.07) is 1.24. The molecule has 21 heteroatoms. The summed E-state index contributed by atoms with van der Waals surface area (Å²) in [6.45, 7) is 4.07. The Labute approximate surface area is 414 Å². The van der Waals surface area contributed by atoms with Gasteiger partial charge in [-0.3, -0.25) is 23.2 Å². The lowest BCUT2D eigenvalue weighted by Crippen LogP contribution is -2.36. The Bertz CT molecular complexity index is 1940. The zero-order valence-corrected chi connectivity index (χ0v) is 43.1. The van der Waals surface area contributed by atoms with E-state index in [1.807, 2.05) is 49.5 Å². The first-order valence-electron chi connectivity index (χ1n) is 24.8. The number of hydrogen-bond donors (Lipinski definition) is 6. The first-order valence-corrected chi connectivity index (χ1v) is 27.8. The number of esters is 2. The van der Waals surface area contributed by atoms with Crippen molar-refractivity contribution >= 4 is 33.4 Å². The maximum atomic E-state index is 12.8. The smallest absolute Gasteiger partial charge is 0.462 e. The van der Waals surface area contributed by atoms with Crippen LogP contribution in [0.15, 0.2) is 77.8 Å². The van der Waals surface area contributed by atoms with Crippen LogP contribution in [0.4, 0.5) is 5.82 Å². The third-order valence-electron chi connectivity index (χ3n) is 11.3. The molecule has 2 heterocycles. The van der Waals surface area contributed by atoms with E-state index >= 15 is 0 Å². The van der Waals surface area contributed by atoms with Crippen molar-refractivity contribution in [2.75, 3.05) is 25.6 Å². The summed E-state index contributed by atoms with van der Waals surface area (Å²) in [4.78, 5) is 61.8. The second kappa shape index (κ2) is 36.4. The van der Waals surface area contributed by atoms with Crippen molar-refractivity contribution in [1.29, 1.82) is 0 Å². The molecule has 1 aromatic heterocycles. The van der Waals surface area contributed by atoms with E-state index in [1.165, 1.54) is 51.0 Å². The molecule has 0 radical (unpaired) electrons. The fraction of sp³-hybridized carbons (Fsp3) is 0.673. The minimum Gasteiger partial charge on any atom is -0.462 e. The standard InChI is InChI=1S/C49H81N3O16P2/c1-4-39(3)30-26-22-18-14-12-13-16-20-24-28-32-44(54)63-36-41(66-45(55)33-29-25-21-17-11-9-7-6-8-10-15-19-23-27-31-40(53)5-2)37-64-69(59,60)68-70(61,62)65-38-42-46(56)47(57)48(67-42)52-35-34-43(50)51-49(52)58/h7-10,17,19,21,23,27,31,34-35,39-42,46-48,53,56-57H,4-6,11-16,18,20,22,24-26,28-30,32-33,36-38H2,1-3H3,(H,59,60)(H,61,62)(H2,50,51,58)/b9-7-,10-8-,21-17-,23-19-,31-27+/t39?,40-,41-,42-,46-,47-,48-/m1/s1. The zero-order chi connectivity index (χ0) is 51.6. The Hall–Kier alpha value is -3.58. The zero-order valence-electron chi connectivity index (χ0n) is 41.3. The molecular weight excluding hydrogens is 948 g/mol. The van der Waals surface area contributed by atoms with Crippen LogP contribution in [0.3, 0.4) is 0 Å². The lowest BCUT2D eigenvalue weighted by Gasteiger charge is -2.21. The third kappa shape index (κ3) is 29.1. The van der Waals surface area contributed by atoms with Crippen LogP contribution in [0, 0.1) is 5.92 Å². The maximum absolute atomic E-state index is 12.8. The molecule has 1 aliphatic rings. The predicted octanol–water partition coefficient (Wildman–Crippen LogP) is 8.77. The minimum atomic E-state index is -5.44. The summed E-state index contributed by atoms with van der Waals surface area (Å²) < 4.78 is 56.6. The van der Waals surface area contributed by atoms with Gasteiger partial charge in [0.1, 0.15) is 30.7 Å². The summed E-state index contributed by atoms with van der Waals surface area (Å²) in [7, 11) is -10.9. The van der Waals surface area contributed by atoms with Gasteiger partial charge in [-0.05, 0) is 56.9 Å². The summed E-state index contributed by atoms with van der Waals surface area (Å²) in [5.41, 5.74) is 4.58. The highest BCUT2D eigenvalue weighted by Gasteiger charge is 2.46. The summed E-state index contributed by atoms with van der Waals surface area (Å²) in [5, 5.41) is 30.4. The number of unbranched alkanes of at least 4 members (excludes halogenated alkanes) is 10. The van der Waals surface area contributed by atoms with Crippen LogP contribution in [-0.4, -0.2) is 96.9 Å². The molecule has 0 aliphatic carbocycles. The van der Waals surface area contributed by atoms with Gasteiger partial charge < -0.3 is 45.1 Å². The average Bonchev–Trinajstić information content (AvgIpc) is 3.59. The molecule has 19 nitrogen and oxygen atoms in total. The molecule has 3 unspecified atom stereocenters. The number of rotatable bonds is 39. The van der Waals surface area contributed by atoms with Crippen LogP contribution in [0.25, 0.3) is 0 Å². The molecule has 0 aromatic carbocycles. The van der Waals surface area contributed by atoms with Crippen LogP contribution in [0.5, 0.6) is 0 Å². The van der Waals surface area contributed by atoms with Crippen molar-refractivity contribution in [1.82, 2.24) is 9.55 Å². The Morgan fingerprint density at radius 3 is 2.00 bits per heavy atom. The molecule has 1 saturated heterocycles. The monoisotopic (exact) mass is 1030 g/mol. The number of aliphatic hydroxyl groups is 3. The second-order valence-electron chi connectivity index (χ2n) is 17.4. The topological polar surface area (TPSA) is 286 Å². The first-order chi connectivity index (χ1) is 33.5. The van der Waals surface area contributed by atoms with Crippen molar-refractivity contribution in [3.05, 3.63) is 83.5 Å².